The summed E-state index contributed by atoms with van der Waals surface area (Å²) in [5.74, 6) is 2.60. The van der Waals surface area contributed by atoms with Crippen LogP contribution >= 0.6 is 0 Å². The Morgan fingerprint density at radius 3 is 1.41 bits per heavy atom. The molecule has 0 aromatic rings. The van der Waals surface area contributed by atoms with Crippen molar-refractivity contribution in [2.24, 2.45) is 5.92 Å². The Balaban J connectivity index is 1.58. The second kappa shape index (κ2) is 7.75. The van der Waals surface area contributed by atoms with Gasteiger partial charge in [0.2, 0.25) is 0 Å². The third-order valence-electron chi connectivity index (χ3n) is 3.99. The highest BCUT2D eigenvalue weighted by atomic mass is 16.1. The molecule has 0 spiro atoms. The van der Waals surface area contributed by atoms with Crippen LogP contribution in [-0.2, 0) is 9.59 Å². The molecule has 0 bridgehead atoms. The third kappa shape index (κ3) is 4.00. The van der Waals surface area contributed by atoms with Gasteiger partial charge in [0.25, 0.3) is 0 Å². The van der Waals surface area contributed by atoms with E-state index in [9.17, 15) is 9.59 Å². The monoisotopic (exact) mass is 289 g/mol. The summed E-state index contributed by atoms with van der Waals surface area (Å²) in [6.07, 6.45) is 23.3. The SMILES string of the molecule is O=C(CC(CC(=O)[C]1[CH][CH][CH][CH]1)[C]1[CH][CH][CH][CH]1)[C]1[CH][CH][CH][CH]1. The van der Waals surface area contributed by atoms with Crippen molar-refractivity contribution in [3.63, 3.8) is 0 Å². The zero-order chi connectivity index (χ0) is 15.4. The van der Waals surface area contributed by atoms with Crippen LogP contribution in [0.5, 0.6) is 0 Å². The van der Waals surface area contributed by atoms with Gasteiger partial charge in [-0.3, -0.25) is 9.59 Å². The number of carbonyl (C=O) groups is 2. The predicted molar refractivity (Wildman–Crippen MR) is 84.1 cm³/mol. The minimum atomic E-state index is -0.0696. The maximum Gasteiger partial charge on any atom is 0.140 e. The average molecular weight is 289 g/mol. The number of ketones is 2. The Hall–Kier alpha value is -0.660. The fourth-order valence-electron chi connectivity index (χ4n) is 2.77. The Morgan fingerprint density at radius 2 is 1.00 bits per heavy atom. The van der Waals surface area contributed by atoms with Gasteiger partial charge in [0.15, 0.2) is 0 Å². The smallest absolute Gasteiger partial charge is 0.140 e. The largest absolute Gasteiger partial charge is 0.299 e. The van der Waals surface area contributed by atoms with Gasteiger partial charge in [0.1, 0.15) is 11.6 Å². The van der Waals surface area contributed by atoms with Gasteiger partial charge in [-0.15, -0.1) is 0 Å². The lowest BCUT2D eigenvalue weighted by Gasteiger charge is -2.23. The lowest BCUT2D eigenvalue weighted by molar-refractivity contribution is -0.119. The van der Waals surface area contributed by atoms with Gasteiger partial charge in [0, 0.05) is 24.7 Å². The van der Waals surface area contributed by atoms with Gasteiger partial charge in [0.05, 0.1) is 0 Å². The van der Waals surface area contributed by atoms with Crippen molar-refractivity contribution in [3.8, 4) is 0 Å². The molecule has 0 atom stereocenters. The fraction of sp³-hybridized carbons (Fsp3) is 0.150. The molecule has 0 aromatic carbocycles. The molecule has 3 aliphatic rings. The first-order valence-electron chi connectivity index (χ1n) is 7.45. The first-order valence-corrected chi connectivity index (χ1v) is 7.45. The minimum Gasteiger partial charge on any atom is -0.299 e. The van der Waals surface area contributed by atoms with E-state index < -0.39 is 0 Å². The molecule has 0 unspecified atom stereocenters. The Bertz CT molecular complexity index is 353. The van der Waals surface area contributed by atoms with Crippen LogP contribution in [0.1, 0.15) is 12.8 Å². The van der Waals surface area contributed by atoms with Crippen LogP contribution in [-0.4, -0.2) is 11.6 Å². The standard InChI is InChI=1S/C20H17O2/c21-19(16-9-3-4-10-16)13-18(15-7-1-2-8-15)14-20(22)17-11-5-6-12-17/h1-12,18H,13-14H2. The van der Waals surface area contributed by atoms with Crippen molar-refractivity contribution in [1.82, 2.24) is 0 Å². The minimum absolute atomic E-state index is 0.0696. The van der Waals surface area contributed by atoms with Crippen molar-refractivity contribution in [2.45, 2.75) is 12.8 Å². The molecule has 3 fully saturated rings. The van der Waals surface area contributed by atoms with Crippen molar-refractivity contribution in [3.05, 3.63) is 94.8 Å². The van der Waals surface area contributed by atoms with Crippen LogP contribution in [0.3, 0.4) is 0 Å². The van der Waals surface area contributed by atoms with Crippen molar-refractivity contribution < 1.29 is 9.59 Å². The number of Topliss-reactive ketones (excluding diaryl/α,β-unsaturated/α-hetero) is 2. The molecule has 22 heavy (non-hydrogen) atoms. The Kier molecular flexibility index (Phi) is 5.71. The summed E-state index contributed by atoms with van der Waals surface area (Å²) >= 11 is 0. The molecule has 3 rings (SSSR count). The van der Waals surface area contributed by atoms with E-state index in [2.05, 4.69) is 0 Å². The summed E-state index contributed by atoms with van der Waals surface area (Å²) in [6.45, 7) is 0. The zero-order valence-corrected chi connectivity index (χ0v) is 12.2. The molecular weight excluding hydrogens is 272 g/mol. The van der Waals surface area contributed by atoms with E-state index in [1.807, 2.05) is 77.0 Å². The number of carbonyl (C=O) groups excluding carboxylic acids is 2. The molecular formula is C20H17O2. The van der Waals surface area contributed by atoms with Gasteiger partial charge in [-0.2, -0.15) is 0 Å². The molecule has 109 valence electrons. The van der Waals surface area contributed by atoms with Gasteiger partial charge < -0.3 is 0 Å². The van der Waals surface area contributed by atoms with E-state index in [-0.39, 0.29) is 17.5 Å². The fourth-order valence-corrected chi connectivity index (χ4v) is 2.77. The summed E-state index contributed by atoms with van der Waals surface area (Å²) in [5.41, 5.74) is 0. The van der Waals surface area contributed by atoms with E-state index in [0.29, 0.717) is 12.8 Å². The molecule has 0 amide bonds. The Morgan fingerprint density at radius 1 is 0.636 bits per heavy atom. The third-order valence-corrected chi connectivity index (χ3v) is 3.99. The van der Waals surface area contributed by atoms with Crippen LogP contribution in [0.15, 0.2) is 0 Å². The van der Waals surface area contributed by atoms with Crippen molar-refractivity contribution >= 4 is 11.6 Å². The van der Waals surface area contributed by atoms with Crippen LogP contribution in [0.25, 0.3) is 0 Å². The summed E-state index contributed by atoms with van der Waals surface area (Å²) in [7, 11) is 0. The van der Waals surface area contributed by atoms with Gasteiger partial charge >= 0.3 is 0 Å². The second-order valence-corrected chi connectivity index (χ2v) is 5.52. The topological polar surface area (TPSA) is 34.1 Å². The van der Waals surface area contributed by atoms with Crippen LogP contribution in [0.2, 0.25) is 0 Å². The highest BCUT2D eigenvalue weighted by Gasteiger charge is 2.35. The van der Waals surface area contributed by atoms with E-state index in [1.54, 1.807) is 0 Å². The highest BCUT2D eigenvalue weighted by Crippen LogP contribution is 2.38. The van der Waals surface area contributed by atoms with Gasteiger partial charge in [-0.1, -0.05) is 0 Å². The molecule has 2 heteroatoms. The number of hydrogen-bond donors (Lipinski definition) is 0. The highest BCUT2D eigenvalue weighted by molar-refractivity contribution is 6.00. The van der Waals surface area contributed by atoms with Gasteiger partial charge in [-0.05, 0) is 88.9 Å². The predicted octanol–water partition coefficient (Wildman–Crippen LogP) is 2.74. The summed E-state index contributed by atoms with van der Waals surface area (Å²) in [6, 6.07) is 0. The molecule has 3 saturated carbocycles. The lowest BCUT2D eigenvalue weighted by Crippen LogP contribution is -2.24. The Labute approximate surface area is 135 Å². The van der Waals surface area contributed by atoms with Crippen molar-refractivity contribution in [1.29, 1.82) is 0 Å². The molecule has 0 aliphatic heterocycles. The molecule has 0 heterocycles. The molecule has 15 radical (unpaired) electrons. The van der Waals surface area contributed by atoms with E-state index in [4.69, 9.17) is 0 Å². The van der Waals surface area contributed by atoms with Gasteiger partial charge in [-0.25, -0.2) is 0 Å². The number of rotatable bonds is 7. The summed E-state index contributed by atoms with van der Waals surface area (Å²) < 4.78 is 0. The molecule has 0 aromatic heterocycles. The zero-order valence-electron chi connectivity index (χ0n) is 12.2. The summed E-state index contributed by atoms with van der Waals surface area (Å²) in [5, 5.41) is 0. The van der Waals surface area contributed by atoms with Crippen molar-refractivity contribution in [2.75, 3.05) is 0 Å². The second-order valence-electron chi connectivity index (χ2n) is 5.52. The number of hydrogen-bond acceptors (Lipinski definition) is 2. The van der Waals surface area contributed by atoms with Crippen LogP contribution < -0.4 is 0 Å². The van der Waals surface area contributed by atoms with Crippen LogP contribution in [0.4, 0.5) is 0 Å². The average Bonchev–Trinajstić information content (AvgIpc) is 3.29. The van der Waals surface area contributed by atoms with Crippen LogP contribution in [0, 0.1) is 101 Å². The molecule has 0 saturated heterocycles. The normalized spacial score (nSPS) is 24.6. The maximum absolute atomic E-state index is 12.4. The van der Waals surface area contributed by atoms with E-state index in [1.165, 1.54) is 0 Å². The molecule has 2 nitrogen and oxygen atoms in total. The summed E-state index contributed by atoms with van der Waals surface area (Å²) in [4.78, 5) is 24.7. The first-order chi connectivity index (χ1) is 10.7. The van der Waals surface area contributed by atoms with E-state index >= 15 is 0 Å². The maximum atomic E-state index is 12.4. The first kappa shape index (κ1) is 16.2. The van der Waals surface area contributed by atoms with E-state index in [0.717, 1.165) is 17.8 Å². The quantitative estimate of drug-likeness (QED) is 0.722. The molecule has 3 aliphatic carbocycles. The lowest BCUT2D eigenvalue weighted by atomic mass is 9.79. The molecule has 0 N–H and O–H groups in total.